The summed E-state index contributed by atoms with van der Waals surface area (Å²) in [5.74, 6) is 0.0153. The number of ether oxygens (including phenoxy) is 1. The van der Waals surface area contributed by atoms with E-state index in [1.54, 1.807) is 30.4 Å². The maximum absolute atomic E-state index is 12.1. The highest BCUT2D eigenvalue weighted by atomic mass is 35.5. The van der Waals surface area contributed by atoms with Gasteiger partial charge >= 0.3 is 0 Å². The molecule has 5 nitrogen and oxygen atoms in total. The fourth-order valence-corrected chi connectivity index (χ4v) is 2.91. The molecule has 2 N–H and O–H groups in total. The highest BCUT2D eigenvalue weighted by Gasteiger charge is 2.16. The minimum absolute atomic E-state index is 0. The molecule has 8 heteroatoms. The summed E-state index contributed by atoms with van der Waals surface area (Å²) in [4.78, 5) is 18.2. The standard InChI is InChI=1S/C14H19N3O2S.2ClH/c1-17(14(18)7-10(8-15)19-2)9-13-16-11-5-3-4-6-12(11)20-13;;/h3-6,10H,7-9,15H2,1-2H3;2*1H. The van der Waals surface area contributed by atoms with Crippen molar-refractivity contribution in [1.82, 2.24) is 9.88 Å². The van der Waals surface area contributed by atoms with E-state index in [1.165, 1.54) is 0 Å². The van der Waals surface area contributed by atoms with Gasteiger partial charge in [0.15, 0.2) is 0 Å². The molecule has 0 saturated carbocycles. The number of hydrogen-bond donors (Lipinski definition) is 1. The zero-order valence-electron chi connectivity index (χ0n) is 12.5. The minimum atomic E-state index is -0.222. The Bertz CT molecular complexity index is 557. The first-order chi connectivity index (χ1) is 9.63. The van der Waals surface area contributed by atoms with Crippen LogP contribution in [0.4, 0.5) is 0 Å². The second kappa shape index (κ2) is 9.97. The number of carbonyl (C=O) groups is 1. The fraction of sp³-hybridized carbons (Fsp3) is 0.429. The van der Waals surface area contributed by atoms with Crippen LogP contribution in [0.15, 0.2) is 24.3 Å². The van der Waals surface area contributed by atoms with Gasteiger partial charge in [0.1, 0.15) is 5.01 Å². The van der Waals surface area contributed by atoms with Crippen LogP contribution in [0.3, 0.4) is 0 Å². The Morgan fingerprint density at radius 3 is 2.68 bits per heavy atom. The van der Waals surface area contributed by atoms with Gasteiger partial charge in [-0.25, -0.2) is 4.98 Å². The van der Waals surface area contributed by atoms with Crippen molar-refractivity contribution in [2.45, 2.75) is 19.1 Å². The topological polar surface area (TPSA) is 68.5 Å². The van der Waals surface area contributed by atoms with Crippen LogP contribution in [0.1, 0.15) is 11.4 Å². The van der Waals surface area contributed by atoms with E-state index in [4.69, 9.17) is 10.5 Å². The van der Waals surface area contributed by atoms with Gasteiger partial charge in [0, 0.05) is 20.7 Å². The van der Waals surface area contributed by atoms with Crippen molar-refractivity contribution in [1.29, 1.82) is 0 Å². The van der Waals surface area contributed by atoms with E-state index < -0.39 is 0 Å². The van der Waals surface area contributed by atoms with E-state index in [0.29, 0.717) is 19.5 Å². The second-order valence-electron chi connectivity index (χ2n) is 4.62. The average molecular weight is 366 g/mol. The van der Waals surface area contributed by atoms with Crippen molar-refractivity contribution >= 4 is 52.3 Å². The summed E-state index contributed by atoms with van der Waals surface area (Å²) >= 11 is 1.61. The van der Waals surface area contributed by atoms with E-state index >= 15 is 0 Å². The number of para-hydroxylation sites is 1. The number of fused-ring (bicyclic) bond motifs is 1. The third kappa shape index (κ3) is 5.37. The normalized spacial score (nSPS) is 11.4. The predicted molar refractivity (Wildman–Crippen MR) is 95.1 cm³/mol. The van der Waals surface area contributed by atoms with Gasteiger partial charge in [-0.15, -0.1) is 36.2 Å². The lowest BCUT2D eigenvalue weighted by Gasteiger charge is -2.19. The molecule has 2 rings (SSSR count). The lowest BCUT2D eigenvalue weighted by molar-refractivity contribution is -0.132. The molecule has 0 bridgehead atoms. The fourth-order valence-electron chi connectivity index (χ4n) is 1.89. The number of amides is 1. The smallest absolute Gasteiger partial charge is 0.225 e. The number of benzene rings is 1. The molecule has 0 fully saturated rings. The van der Waals surface area contributed by atoms with E-state index in [2.05, 4.69) is 4.98 Å². The molecule has 1 atom stereocenters. The van der Waals surface area contributed by atoms with E-state index in [-0.39, 0.29) is 36.8 Å². The van der Waals surface area contributed by atoms with Crippen LogP contribution in [-0.4, -0.2) is 42.6 Å². The molecule has 0 radical (unpaired) electrons. The van der Waals surface area contributed by atoms with Crippen LogP contribution in [-0.2, 0) is 16.1 Å². The van der Waals surface area contributed by atoms with Crippen LogP contribution >= 0.6 is 36.2 Å². The summed E-state index contributed by atoms with van der Waals surface area (Å²) in [7, 11) is 3.34. The lowest BCUT2D eigenvalue weighted by atomic mass is 10.2. The van der Waals surface area contributed by atoms with Crippen molar-refractivity contribution in [3.8, 4) is 0 Å². The molecule has 1 unspecified atom stereocenters. The van der Waals surface area contributed by atoms with Crippen molar-refractivity contribution in [3.05, 3.63) is 29.3 Å². The number of methoxy groups -OCH3 is 1. The van der Waals surface area contributed by atoms with Gasteiger partial charge in [-0.05, 0) is 12.1 Å². The Labute approximate surface area is 146 Å². The molecule has 0 aliphatic heterocycles. The molecule has 2 aromatic rings. The monoisotopic (exact) mass is 365 g/mol. The SMILES string of the molecule is COC(CN)CC(=O)N(C)Cc1nc2ccccc2s1.Cl.Cl. The first kappa shape index (κ1) is 21.1. The van der Waals surface area contributed by atoms with Crippen LogP contribution < -0.4 is 5.73 Å². The van der Waals surface area contributed by atoms with Crippen molar-refractivity contribution < 1.29 is 9.53 Å². The van der Waals surface area contributed by atoms with Gasteiger partial charge in [-0.1, -0.05) is 12.1 Å². The Balaban J connectivity index is 0.00000220. The maximum Gasteiger partial charge on any atom is 0.225 e. The molecule has 0 spiro atoms. The second-order valence-corrected chi connectivity index (χ2v) is 5.74. The summed E-state index contributed by atoms with van der Waals surface area (Å²) in [6.07, 6.45) is 0.0781. The molecule has 0 aliphatic rings. The number of halogens is 2. The Morgan fingerprint density at radius 1 is 1.41 bits per heavy atom. The first-order valence-electron chi connectivity index (χ1n) is 6.45. The average Bonchev–Trinajstić information content (AvgIpc) is 2.86. The Kier molecular flexibility index (Phi) is 9.55. The molecule has 1 aromatic heterocycles. The maximum atomic E-state index is 12.1. The zero-order chi connectivity index (χ0) is 14.5. The highest BCUT2D eigenvalue weighted by molar-refractivity contribution is 7.18. The first-order valence-corrected chi connectivity index (χ1v) is 7.27. The molecule has 124 valence electrons. The number of rotatable bonds is 6. The molecular formula is C14H21Cl2N3O2S. The Morgan fingerprint density at radius 2 is 2.09 bits per heavy atom. The quantitative estimate of drug-likeness (QED) is 0.853. The van der Waals surface area contributed by atoms with Crippen LogP contribution in [0.2, 0.25) is 0 Å². The molecule has 22 heavy (non-hydrogen) atoms. The molecule has 1 aromatic carbocycles. The van der Waals surface area contributed by atoms with Gasteiger partial charge < -0.3 is 15.4 Å². The summed E-state index contributed by atoms with van der Waals surface area (Å²) in [5.41, 5.74) is 6.51. The number of carbonyl (C=O) groups excluding carboxylic acids is 1. The summed E-state index contributed by atoms with van der Waals surface area (Å²) in [5, 5.41) is 0.934. The van der Waals surface area contributed by atoms with Gasteiger partial charge in [0.05, 0.1) is 29.3 Å². The van der Waals surface area contributed by atoms with Crippen LogP contribution in [0.25, 0.3) is 10.2 Å². The van der Waals surface area contributed by atoms with Crippen LogP contribution in [0.5, 0.6) is 0 Å². The van der Waals surface area contributed by atoms with Crippen LogP contribution in [0, 0.1) is 0 Å². The third-order valence-corrected chi connectivity index (χ3v) is 4.16. The number of nitrogens with two attached hydrogens (primary N) is 1. The summed E-state index contributed by atoms with van der Waals surface area (Å²) < 4.78 is 6.27. The van der Waals surface area contributed by atoms with E-state index in [9.17, 15) is 4.79 Å². The van der Waals surface area contributed by atoms with Gasteiger partial charge in [-0.3, -0.25) is 4.79 Å². The largest absolute Gasteiger partial charge is 0.380 e. The summed E-state index contributed by atoms with van der Waals surface area (Å²) in [6, 6.07) is 7.97. The molecule has 1 heterocycles. The van der Waals surface area contributed by atoms with E-state index in [0.717, 1.165) is 15.2 Å². The minimum Gasteiger partial charge on any atom is -0.380 e. The molecule has 0 saturated heterocycles. The molecular weight excluding hydrogens is 345 g/mol. The molecule has 0 aliphatic carbocycles. The number of aromatic nitrogens is 1. The number of nitrogens with zero attached hydrogens (tertiary/aromatic N) is 2. The van der Waals surface area contributed by atoms with Crippen molar-refractivity contribution in [2.24, 2.45) is 5.73 Å². The zero-order valence-corrected chi connectivity index (χ0v) is 15.0. The third-order valence-electron chi connectivity index (χ3n) is 3.13. The van der Waals surface area contributed by atoms with Gasteiger partial charge in [0.2, 0.25) is 5.91 Å². The van der Waals surface area contributed by atoms with Gasteiger partial charge in [0.25, 0.3) is 0 Å². The van der Waals surface area contributed by atoms with Gasteiger partial charge in [-0.2, -0.15) is 0 Å². The van der Waals surface area contributed by atoms with E-state index in [1.807, 2.05) is 24.3 Å². The predicted octanol–water partition coefficient (Wildman–Crippen LogP) is 2.46. The van der Waals surface area contributed by atoms with Crippen molar-refractivity contribution in [2.75, 3.05) is 20.7 Å². The Hall–Kier alpha value is -0.920. The summed E-state index contributed by atoms with van der Waals surface area (Å²) in [6.45, 7) is 0.858. The number of hydrogen-bond acceptors (Lipinski definition) is 5. The van der Waals surface area contributed by atoms with Crippen molar-refractivity contribution in [3.63, 3.8) is 0 Å². The molecule has 1 amide bonds. The number of thiazole rings is 1. The lowest BCUT2D eigenvalue weighted by Crippen LogP contribution is -2.33. The highest BCUT2D eigenvalue weighted by Crippen LogP contribution is 2.22.